The van der Waals surface area contributed by atoms with Crippen LogP contribution in [0, 0.1) is 5.82 Å². The van der Waals surface area contributed by atoms with Gasteiger partial charge >= 0.3 is 0 Å². The molecule has 1 aliphatic heterocycles. The lowest BCUT2D eigenvalue weighted by atomic mass is 10.0. The summed E-state index contributed by atoms with van der Waals surface area (Å²) in [5.74, 6) is 1.24. The molecule has 5 rings (SSSR count). The highest BCUT2D eigenvalue weighted by Gasteiger charge is 2.45. The molecule has 0 radical (unpaired) electrons. The Balaban J connectivity index is 1.55. The summed E-state index contributed by atoms with van der Waals surface area (Å²) < 4.78 is 20.5. The van der Waals surface area contributed by atoms with Gasteiger partial charge < -0.3 is 14.6 Å². The molecule has 3 heterocycles. The third-order valence-corrected chi connectivity index (χ3v) is 6.95. The average molecular weight is 486 g/mol. The van der Waals surface area contributed by atoms with E-state index in [1.165, 1.54) is 25.0 Å². The van der Waals surface area contributed by atoms with E-state index >= 15 is 0 Å². The fraction of sp³-hybridized carbons (Fsp3) is 0.304. The first-order valence-corrected chi connectivity index (χ1v) is 11.4. The summed E-state index contributed by atoms with van der Waals surface area (Å²) in [6.07, 6.45) is 6.50. The lowest BCUT2D eigenvalue weighted by Crippen LogP contribution is -2.37. The molecule has 1 saturated heterocycles. The van der Waals surface area contributed by atoms with Crippen molar-refractivity contribution in [1.82, 2.24) is 15.2 Å². The van der Waals surface area contributed by atoms with Crippen molar-refractivity contribution in [2.45, 2.75) is 43.8 Å². The number of hydrogen-bond acceptors (Lipinski definition) is 3. The van der Waals surface area contributed by atoms with Crippen LogP contribution in [0.1, 0.15) is 49.2 Å². The molecule has 2 fully saturated rings. The minimum absolute atomic E-state index is 0.0801. The van der Waals surface area contributed by atoms with Crippen LogP contribution in [0.5, 0.6) is 0 Å². The normalized spacial score (nSPS) is 21.9. The summed E-state index contributed by atoms with van der Waals surface area (Å²) >= 11 is 9.21. The Hall–Kier alpha value is -2.25. The van der Waals surface area contributed by atoms with Crippen LogP contribution >= 0.6 is 28.1 Å². The Morgan fingerprint density at radius 3 is 2.70 bits per heavy atom. The van der Waals surface area contributed by atoms with Gasteiger partial charge in [-0.15, -0.1) is 0 Å². The molecule has 30 heavy (non-hydrogen) atoms. The van der Waals surface area contributed by atoms with Crippen LogP contribution in [0.4, 0.5) is 4.39 Å². The standard InChI is InChI=1S/C23H21BrFN3OS/c24-17-13-14(25)8-9-16(17)19-10-11-20(29-19)22-21(18-7-3-4-12-26-18)27-23(30)28(22)15-5-1-2-6-15/h3-4,7-13,15,21-22H,1-2,5-6H2,(H,27,30)/t21-,22+/m1/s1. The van der Waals surface area contributed by atoms with Crippen LogP contribution in [0.3, 0.4) is 0 Å². The molecule has 1 saturated carbocycles. The molecule has 4 nitrogen and oxygen atoms in total. The second kappa shape index (κ2) is 8.12. The van der Waals surface area contributed by atoms with Crippen molar-refractivity contribution in [2.75, 3.05) is 0 Å². The van der Waals surface area contributed by atoms with Crippen molar-refractivity contribution < 1.29 is 8.81 Å². The molecule has 1 aromatic carbocycles. The summed E-state index contributed by atoms with van der Waals surface area (Å²) in [6.45, 7) is 0. The number of rotatable bonds is 4. The molecule has 1 aliphatic carbocycles. The third-order valence-electron chi connectivity index (χ3n) is 5.97. The molecule has 2 aromatic heterocycles. The van der Waals surface area contributed by atoms with Gasteiger partial charge in [-0.1, -0.05) is 18.9 Å². The third kappa shape index (κ3) is 3.54. The summed E-state index contributed by atoms with van der Waals surface area (Å²) in [6, 6.07) is 14.7. The number of nitrogens with zero attached hydrogens (tertiary/aromatic N) is 2. The lowest BCUT2D eigenvalue weighted by molar-refractivity contribution is 0.218. The van der Waals surface area contributed by atoms with Crippen molar-refractivity contribution in [2.24, 2.45) is 0 Å². The predicted molar refractivity (Wildman–Crippen MR) is 121 cm³/mol. The van der Waals surface area contributed by atoms with Crippen LogP contribution in [0.2, 0.25) is 0 Å². The van der Waals surface area contributed by atoms with Gasteiger partial charge in [-0.2, -0.15) is 0 Å². The lowest BCUT2D eigenvalue weighted by Gasteiger charge is -2.31. The van der Waals surface area contributed by atoms with E-state index in [9.17, 15) is 4.39 Å². The first-order valence-electron chi connectivity index (χ1n) is 10.2. The topological polar surface area (TPSA) is 41.3 Å². The van der Waals surface area contributed by atoms with E-state index in [4.69, 9.17) is 16.6 Å². The Morgan fingerprint density at radius 2 is 1.97 bits per heavy atom. The fourth-order valence-corrected chi connectivity index (χ4v) is 5.53. The molecule has 0 bridgehead atoms. The van der Waals surface area contributed by atoms with Crippen molar-refractivity contribution in [3.8, 4) is 11.3 Å². The number of pyridine rings is 1. The summed E-state index contributed by atoms with van der Waals surface area (Å²) in [5.41, 5.74) is 1.75. The number of hydrogen-bond donors (Lipinski definition) is 1. The second-order valence-corrected chi connectivity index (χ2v) is 9.04. The monoisotopic (exact) mass is 485 g/mol. The largest absolute Gasteiger partial charge is 0.459 e. The van der Waals surface area contributed by atoms with E-state index in [-0.39, 0.29) is 17.9 Å². The van der Waals surface area contributed by atoms with Crippen LogP contribution < -0.4 is 5.32 Å². The average Bonchev–Trinajstić information content (AvgIpc) is 3.48. The van der Waals surface area contributed by atoms with E-state index in [2.05, 4.69) is 31.1 Å². The van der Waals surface area contributed by atoms with Crippen molar-refractivity contribution >= 4 is 33.3 Å². The SMILES string of the molecule is Fc1ccc(-c2ccc([C@H]3[C@@H](c4ccccn4)NC(=S)N3C3CCCC3)o2)c(Br)c1. The molecule has 154 valence electrons. The van der Waals surface area contributed by atoms with Crippen molar-refractivity contribution in [3.63, 3.8) is 0 Å². The molecule has 1 N–H and O–H groups in total. The van der Waals surface area contributed by atoms with E-state index in [1.54, 1.807) is 12.3 Å². The highest BCUT2D eigenvalue weighted by molar-refractivity contribution is 9.10. The Bertz CT molecular complexity index is 1070. The number of benzene rings is 1. The highest BCUT2D eigenvalue weighted by Crippen LogP contribution is 2.44. The van der Waals surface area contributed by atoms with E-state index in [0.717, 1.165) is 35.0 Å². The zero-order chi connectivity index (χ0) is 20.7. The minimum Gasteiger partial charge on any atom is -0.459 e. The molecule has 2 aliphatic rings. The maximum atomic E-state index is 13.5. The molecule has 0 unspecified atom stereocenters. The van der Waals surface area contributed by atoms with Crippen LogP contribution in [0.15, 0.2) is 63.6 Å². The van der Waals surface area contributed by atoms with Crippen LogP contribution in [0.25, 0.3) is 11.3 Å². The first-order chi connectivity index (χ1) is 14.6. The van der Waals surface area contributed by atoms with Gasteiger partial charge in [0, 0.05) is 22.3 Å². The molecule has 0 spiro atoms. The van der Waals surface area contributed by atoms with Gasteiger partial charge in [0.05, 0.1) is 11.7 Å². The number of thiocarbonyl (C=S) groups is 1. The van der Waals surface area contributed by atoms with Gasteiger partial charge in [-0.05, 0) is 83.5 Å². The summed E-state index contributed by atoms with van der Waals surface area (Å²) in [7, 11) is 0. The Kier molecular flexibility index (Phi) is 5.33. The first kappa shape index (κ1) is 19.7. The summed E-state index contributed by atoms with van der Waals surface area (Å²) in [4.78, 5) is 6.89. The fourth-order valence-electron chi connectivity index (χ4n) is 4.59. The van der Waals surface area contributed by atoms with E-state index in [1.807, 2.05) is 30.3 Å². The van der Waals surface area contributed by atoms with E-state index in [0.29, 0.717) is 16.3 Å². The highest BCUT2D eigenvalue weighted by atomic mass is 79.9. The van der Waals surface area contributed by atoms with Gasteiger partial charge in [0.15, 0.2) is 5.11 Å². The van der Waals surface area contributed by atoms with Gasteiger partial charge in [0.2, 0.25) is 0 Å². The zero-order valence-corrected chi connectivity index (χ0v) is 18.6. The number of halogens is 2. The number of furan rings is 1. The predicted octanol–water partition coefficient (Wildman–Crippen LogP) is 6.16. The summed E-state index contributed by atoms with van der Waals surface area (Å²) in [5, 5.41) is 4.24. The second-order valence-electron chi connectivity index (χ2n) is 7.80. The Morgan fingerprint density at radius 1 is 1.13 bits per heavy atom. The quantitative estimate of drug-likeness (QED) is 0.448. The van der Waals surface area contributed by atoms with E-state index < -0.39 is 0 Å². The van der Waals surface area contributed by atoms with Crippen molar-refractivity contribution in [3.05, 3.63) is 76.5 Å². The number of nitrogens with one attached hydrogen (secondary N) is 1. The number of aromatic nitrogens is 1. The molecular formula is C23H21BrFN3OS. The molecule has 0 amide bonds. The van der Waals surface area contributed by atoms with Gasteiger partial charge in [-0.25, -0.2) is 4.39 Å². The van der Waals surface area contributed by atoms with Crippen molar-refractivity contribution in [1.29, 1.82) is 0 Å². The van der Waals surface area contributed by atoms with Crippen LogP contribution in [-0.2, 0) is 0 Å². The maximum absolute atomic E-state index is 13.5. The van der Waals surface area contributed by atoms with Crippen LogP contribution in [-0.4, -0.2) is 21.0 Å². The minimum atomic E-state index is -0.287. The van der Waals surface area contributed by atoms with Gasteiger partial charge in [0.25, 0.3) is 0 Å². The molecule has 3 aromatic rings. The molecule has 2 atom stereocenters. The maximum Gasteiger partial charge on any atom is 0.170 e. The molecular weight excluding hydrogens is 465 g/mol. The molecule has 7 heteroatoms. The Labute approximate surface area is 188 Å². The van der Waals surface area contributed by atoms with Gasteiger partial charge in [-0.3, -0.25) is 4.98 Å². The zero-order valence-electron chi connectivity index (χ0n) is 16.2. The van der Waals surface area contributed by atoms with Gasteiger partial charge in [0.1, 0.15) is 23.4 Å². The smallest absolute Gasteiger partial charge is 0.170 e.